The average Bonchev–Trinajstić information content (AvgIpc) is 2.43. The zero-order valence-electron chi connectivity index (χ0n) is 9.48. The van der Waals surface area contributed by atoms with Gasteiger partial charge in [0.15, 0.2) is 5.82 Å². The number of nitrogens with one attached hydrogen (secondary N) is 1. The highest BCUT2D eigenvalue weighted by Gasteiger charge is 2.09. The van der Waals surface area contributed by atoms with Crippen molar-refractivity contribution in [1.29, 1.82) is 10.5 Å². The maximum atomic E-state index is 13.2. The quantitative estimate of drug-likeness (QED) is 0.910. The summed E-state index contributed by atoms with van der Waals surface area (Å²) in [5.74, 6) is -0.325. The first-order valence-electron chi connectivity index (χ1n) is 5.17. The van der Waals surface area contributed by atoms with E-state index in [1.807, 2.05) is 6.07 Å². The molecule has 2 aromatic rings. The predicted molar refractivity (Wildman–Crippen MR) is 68.4 cm³/mol. The van der Waals surface area contributed by atoms with Gasteiger partial charge in [0.25, 0.3) is 0 Å². The number of aromatic nitrogens is 1. The van der Waals surface area contributed by atoms with Crippen LogP contribution in [0.4, 0.5) is 15.9 Å². The molecule has 0 amide bonds. The molecule has 0 atom stereocenters. The van der Waals surface area contributed by atoms with Crippen LogP contribution >= 0.6 is 11.6 Å². The van der Waals surface area contributed by atoms with Gasteiger partial charge in [-0.3, -0.25) is 0 Å². The molecule has 1 aromatic carbocycles. The Kier molecular flexibility index (Phi) is 3.61. The molecular formula is C13H6ClFN4. The van der Waals surface area contributed by atoms with Gasteiger partial charge in [-0.15, -0.1) is 0 Å². The molecule has 0 saturated carbocycles. The van der Waals surface area contributed by atoms with Gasteiger partial charge in [-0.05, 0) is 24.3 Å². The van der Waals surface area contributed by atoms with E-state index in [1.165, 1.54) is 30.5 Å². The Morgan fingerprint density at radius 1 is 1.16 bits per heavy atom. The summed E-state index contributed by atoms with van der Waals surface area (Å²) < 4.78 is 13.2. The number of anilines is 2. The third-order valence-electron chi connectivity index (χ3n) is 2.36. The van der Waals surface area contributed by atoms with Gasteiger partial charge in [-0.2, -0.15) is 10.5 Å². The number of nitriles is 2. The van der Waals surface area contributed by atoms with Crippen molar-refractivity contribution < 1.29 is 4.39 Å². The van der Waals surface area contributed by atoms with Gasteiger partial charge in [0.1, 0.15) is 23.0 Å². The van der Waals surface area contributed by atoms with Crippen molar-refractivity contribution in [2.75, 3.05) is 5.32 Å². The summed E-state index contributed by atoms with van der Waals surface area (Å²) in [5, 5.41) is 20.6. The fourth-order valence-corrected chi connectivity index (χ4v) is 1.64. The van der Waals surface area contributed by atoms with Crippen LogP contribution in [-0.4, -0.2) is 4.98 Å². The maximum absolute atomic E-state index is 13.2. The summed E-state index contributed by atoms with van der Waals surface area (Å²) in [6.07, 6.45) is 1.43. The van der Waals surface area contributed by atoms with Crippen molar-refractivity contribution in [3.05, 3.63) is 52.4 Å². The first-order chi connectivity index (χ1) is 9.15. The topological polar surface area (TPSA) is 72.5 Å². The summed E-state index contributed by atoms with van der Waals surface area (Å²) in [4.78, 5) is 3.99. The highest BCUT2D eigenvalue weighted by molar-refractivity contribution is 6.34. The molecule has 1 aromatic heterocycles. The Hall–Kier alpha value is -2.63. The van der Waals surface area contributed by atoms with Crippen molar-refractivity contribution in [3.63, 3.8) is 0 Å². The zero-order chi connectivity index (χ0) is 13.8. The van der Waals surface area contributed by atoms with E-state index in [1.54, 1.807) is 6.07 Å². The molecular weight excluding hydrogens is 267 g/mol. The van der Waals surface area contributed by atoms with Gasteiger partial charge in [0, 0.05) is 11.9 Å². The third-order valence-corrected chi connectivity index (χ3v) is 2.74. The Labute approximate surface area is 113 Å². The minimum absolute atomic E-state index is 0.0856. The highest BCUT2D eigenvalue weighted by Crippen LogP contribution is 2.26. The second-order valence-corrected chi connectivity index (χ2v) is 3.94. The molecule has 0 aliphatic carbocycles. The van der Waals surface area contributed by atoms with Crippen molar-refractivity contribution in [2.24, 2.45) is 0 Å². The Balaban J connectivity index is 2.38. The summed E-state index contributed by atoms with van der Waals surface area (Å²) in [7, 11) is 0. The largest absolute Gasteiger partial charge is 0.339 e. The number of rotatable bonds is 2. The van der Waals surface area contributed by atoms with Crippen molar-refractivity contribution in [3.8, 4) is 12.1 Å². The lowest BCUT2D eigenvalue weighted by molar-refractivity contribution is 0.624. The van der Waals surface area contributed by atoms with Crippen LogP contribution in [0.25, 0.3) is 0 Å². The van der Waals surface area contributed by atoms with Gasteiger partial charge < -0.3 is 5.32 Å². The fraction of sp³-hybridized carbons (Fsp3) is 0. The molecule has 0 aliphatic rings. The van der Waals surface area contributed by atoms with Crippen molar-refractivity contribution in [2.45, 2.75) is 0 Å². The molecule has 0 fully saturated rings. The standard InChI is InChI=1S/C13H6ClFN4/c14-12-8(6-16)3-4-18-13(12)19-10-1-2-11(15)9(5-10)7-17/h1-5H,(H,18,19). The molecule has 0 unspecified atom stereocenters. The van der Waals surface area contributed by atoms with E-state index >= 15 is 0 Å². The van der Waals surface area contributed by atoms with Crippen LogP contribution < -0.4 is 5.32 Å². The lowest BCUT2D eigenvalue weighted by atomic mass is 10.2. The van der Waals surface area contributed by atoms with Crippen LogP contribution in [0.2, 0.25) is 5.02 Å². The number of hydrogen-bond donors (Lipinski definition) is 1. The number of pyridine rings is 1. The Morgan fingerprint density at radius 3 is 2.58 bits per heavy atom. The average molecular weight is 273 g/mol. The molecule has 0 radical (unpaired) electrons. The van der Waals surface area contributed by atoms with Gasteiger partial charge in [-0.1, -0.05) is 11.6 Å². The lowest BCUT2D eigenvalue weighted by Gasteiger charge is -2.08. The van der Waals surface area contributed by atoms with Gasteiger partial charge in [-0.25, -0.2) is 9.37 Å². The van der Waals surface area contributed by atoms with Crippen molar-refractivity contribution in [1.82, 2.24) is 4.98 Å². The normalized spacial score (nSPS) is 9.47. The first kappa shape index (κ1) is 12.8. The first-order valence-corrected chi connectivity index (χ1v) is 5.54. The minimum atomic E-state index is -0.599. The Bertz CT molecular complexity index is 716. The van der Waals surface area contributed by atoms with Crippen LogP contribution in [0.15, 0.2) is 30.5 Å². The van der Waals surface area contributed by atoms with Crippen molar-refractivity contribution >= 4 is 23.1 Å². The summed E-state index contributed by atoms with van der Waals surface area (Å²) in [6.45, 7) is 0. The smallest absolute Gasteiger partial charge is 0.150 e. The molecule has 0 saturated heterocycles. The molecule has 19 heavy (non-hydrogen) atoms. The van der Waals surface area contributed by atoms with Gasteiger partial charge >= 0.3 is 0 Å². The minimum Gasteiger partial charge on any atom is -0.339 e. The predicted octanol–water partition coefficient (Wildman–Crippen LogP) is 3.36. The second kappa shape index (κ2) is 5.34. The van der Waals surface area contributed by atoms with Gasteiger partial charge in [0.05, 0.1) is 11.1 Å². The molecule has 0 aliphatic heterocycles. The van der Waals surface area contributed by atoms with E-state index in [0.717, 1.165) is 0 Å². The molecule has 0 spiro atoms. The zero-order valence-corrected chi connectivity index (χ0v) is 10.2. The van der Waals surface area contributed by atoms with Crippen LogP contribution in [0.1, 0.15) is 11.1 Å². The molecule has 6 heteroatoms. The molecule has 2 rings (SSSR count). The SMILES string of the molecule is N#Cc1cc(Nc2nccc(C#N)c2Cl)ccc1F. The van der Waals surface area contributed by atoms with Gasteiger partial charge in [0.2, 0.25) is 0 Å². The molecule has 1 N–H and O–H groups in total. The fourth-order valence-electron chi connectivity index (χ4n) is 1.44. The van der Waals surface area contributed by atoms with Crippen LogP contribution in [-0.2, 0) is 0 Å². The lowest BCUT2D eigenvalue weighted by Crippen LogP contribution is -1.97. The molecule has 4 nitrogen and oxygen atoms in total. The van der Waals surface area contributed by atoms with Crippen LogP contribution in [0.5, 0.6) is 0 Å². The summed E-state index contributed by atoms with van der Waals surface area (Å²) >= 11 is 5.98. The number of nitrogens with zero attached hydrogens (tertiary/aromatic N) is 3. The van der Waals surface area contributed by atoms with E-state index in [2.05, 4.69) is 10.3 Å². The van der Waals surface area contributed by atoms with E-state index in [4.69, 9.17) is 22.1 Å². The molecule has 1 heterocycles. The van der Waals surface area contributed by atoms with E-state index in [0.29, 0.717) is 5.69 Å². The molecule has 0 bridgehead atoms. The highest BCUT2D eigenvalue weighted by atomic mass is 35.5. The van der Waals surface area contributed by atoms with Crippen LogP contribution in [0, 0.1) is 28.5 Å². The number of hydrogen-bond acceptors (Lipinski definition) is 4. The monoisotopic (exact) mass is 272 g/mol. The summed E-state index contributed by atoms with van der Waals surface area (Å²) in [5.41, 5.74) is 0.654. The number of benzene rings is 1. The van der Waals surface area contributed by atoms with E-state index in [-0.39, 0.29) is 22.0 Å². The Morgan fingerprint density at radius 2 is 1.89 bits per heavy atom. The molecule has 92 valence electrons. The maximum Gasteiger partial charge on any atom is 0.150 e. The summed E-state index contributed by atoms with van der Waals surface area (Å²) in [6, 6.07) is 9.11. The van der Waals surface area contributed by atoms with E-state index < -0.39 is 5.82 Å². The van der Waals surface area contributed by atoms with E-state index in [9.17, 15) is 4.39 Å². The van der Waals surface area contributed by atoms with Crippen LogP contribution in [0.3, 0.4) is 0 Å². The number of halogens is 2. The second-order valence-electron chi connectivity index (χ2n) is 3.56. The third kappa shape index (κ3) is 2.62.